The number of carboxylic acid groups (broad SMARTS) is 1. The number of benzene rings is 2. The zero-order chi connectivity index (χ0) is 24.5. The minimum Gasteiger partial charge on any atom is -0.490 e. The molecule has 178 valence electrons. The maximum absolute atomic E-state index is 11.8. The molecule has 0 radical (unpaired) electrons. The van der Waals surface area contributed by atoms with E-state index in [1.807, 2.05) is 13.8 Å². The summed E-state index contributed by atoms with van der Waals surface area (Å²) in [5, 5.41) is 27.7. The number of H-pyrrole nitrogens is 1. The molecule has 0 aliphatic heterocycles. The Morgan fingerprint density at radius 2 is 1.94 bits per heavy atom. The third-order valence-corrected chi connectivity index (χ3v) is 5.39. The van der Waals surface area contributed by atoms with E-state index < -0.39 is 10.9 Å². The molecule has 0 aliphatic rings. The van der Waals surface area contributed by atoms with Gasteiger partial charge in [-0.3, -0.25) is 15.2 Å². The Morgan fingerprint density at radius 1 is 1.18 bits per heavy atom. The van der Waals surface area contributed by atoms with Crippen molar-refractivity contribution in [3.8, 4) is 11.5 Å². The lowest BCUT2D eigenvalue weighted by molar-refractivity contribution is -0.384. The van der Waals surface area contributed by atoms with E-state index in [0.29, 0.717) is 34.7 Å². The van der Waals surface area contributed by atoms with Crippen molar-refractivity contribution in [2.75, 3.05) is 6.61 Å². The minimum absolute atomic E-state index is 0.00799. The molecule has 0 amide bonds. The van der Waals surface area contributed by atoms with Crippen LogP contribution in [-0.4, -0.2) is 37.8 Å². The van der Waals surface area contributed by atoms with Gasteiger partial charge < -0.3 is 14.6 Å². The Bertz CT molecular complexity index is 1180. The normalized spacial score (nSPS) is 11.3. The van der Waals surface area contributed by atoms with Crippen LogP contribution < -0.4 is 9.47 Å². The monoisotopic (exact) mass is 484 g/mol. The van der Waals surface area contributed by atoms with Crippen LogP contribution in [-0.2, 0) is 17.8 Å². The molecule has 0 fully saturated rings. The molecule has 34 heavy (non-hydrogen) atoms. The van der Waals surface area contributed by atoms with Gasteiger partial charge in [-0.15, -0.1) is 5.10 Å². The number of aromatic amines is 1. The van der Waals surface area contributed by atoms with E-state index in [4.69, 9.17) is 9.47 Å². The van der Waals surface area contributed by atoms with Crippen molar-refractivity contribution in [3.05, 3.63) is 74.4 Å². The molecule has 0 spiro atoms. The Labute approximate surface area is 200 Å². The first-order valence-corrected chi connectivity index (χ1v) is 11.4. The van der Waals surface area contributed by atoms with Crippen LogP contribution in [0.2, 0.25) is 0 Å². The maximum atomic E-state index is 11.8. The number of hydrogen-bond donors (Lipinski definition) is 2. The van der Waals surface area contributed by atoms with Gasteiger partial charge in [0.2, 0.25) is 5.16 Å². The molecule has 0 atom stereocenters. The average molecular weight is 485 g/mol. The van der Waals surface area contributed by atoms with Crippen LogP contribution in [0.4, 0.5) is 5.69 Å². The number of aromatic nitrogens is 3. The van der Waals surface area contributed by atoms with Crippen molar-refractivity contribution in [1.82, 2.24) is 15.2 Å². The van der Waals surface area contributed by atoms with Gasteiger partial charge in [-0.05, 0) is 66.6 Å². The number of nitrogens with one attached hydrogen (secondary N) is 1. The van der Waals surface area contributed by atoms with E-state index in [0.717, 1.165) is 30.2 Å². The number of thioether (sulfide) groups is 1. The molecule has 1 aromatic heterocycles. The van der Waals surface area contributed by atoms with Gasteiger partial charge in [0.15, 0.2) is 11.5 Å². The quantitative estimate of drug-likeness (QED) is 0.159. The fourth-order valence-electron chi connectivity index (χ4n) is 2.93. The van der Waals surface area contributed by atoms with Crippen LogP contribution in [0.5, 0.6) is 11.5 Å². The third kappa shape index (κ3) is 6.82. The molecule has 2 aromatic carbocycles. The Hall–Kier alpha value is -3.86. The second kappa shape index (κ2) is 11.8. The first-order chi connectivity index (χ1) is 16.4. The number of carbonyl (C=O) groups is 1. The summed E-state index contributed by atoms with van der Waals surface area (Å²) in [5.41, 5.74) is 1.38. The summed E-state index contributed by atoms with van der Waals surface area (Å²) in [4.78, 5) is 26.5. The van der Waals surface area contributed by atoms with Gasteiger partial charge in [0.1, 0.15) is 17.3 Å². The highest BCUT2D eigenvalue weighted by molar-refractivity contribution is 8.04. The van der Waals surface area contributed by atoms with Gasteiger partial charge in [-0.2, -0.15) is 0 Å². The predicted molar refractivity (Wildman–Crippen MR) is 127 cm³/mol. The van der Waals surface area contributed by atoms with E-state index in [-0.39, 0.29) is 17.2 Å². The molecule has 1 heterocycles. The van der Waals surface area contributed by atoms with Crippen LogP contribution in [0.1, 0.15) is 37.2 Å². The molecular formula is C23H24N4O6S. The number of aliphatic carboxylic acids is 1. The van der Waals surface area contributed by atoms with Gasteiger partial charge in [0.05, 0.1) is 11.5 Å². The van der Waals surface area contributed by atoms with Crippen molar-refractivity contribution in [2.45, 2.75) is 38.5 Å². The van der Waals surface area contributed by atoms with Gasteiger partial charge in [0.25, 0.3) is 5.69 Å². The van der Waals surface area contributed by atoms with E-state index in [2.05, 4.69) is 15.2 Å². The maximum Gasteiger partial charge on any atom is 0.342 e. The molecule has 11 heteroatoms. The molecule has 0 saturated carbocycles. The number of non-ortho nitro benzene ring substituents is 1. The zero-order valence-electron chi connectivity index (χ0n) is 18.7. The topological polar surface area (TPSA) is 140 Å². The predicted octanol–water partition coefficient (Wildman–Crippen LogP) is 4.86. The summed E-state index contributed by atoms with van der Waals surface area (Å²) in [6.45, 7) is 4.43. The lowest BCUT2D eigenvalue weighted by atomic mass is 10.2. The highest BCUT2D eigenvalue weighted by Crippen LogP contribution is 2.32. The number of aryl methyl sites for hydroxylation is 1. The number of carboxylic acids is 1. The second-order valence-corrected chi connectivity index (χ2v) is 8.09. The molecule has 0 saturated heterocycles. The Kier molecular flexibility index (Phi) is 8.63. The summed E-state index contributed by atoms with van der Waals surface area (Å²) < 4.78 is 11.5. The van der Waals surface area contributed by atoms with Crippen molar-refractivity contribution >= 4 is 29.5 Å². The number of nitro benzene ring substituents is 1. The molecule has 2 N–H and O–H groups in total. The Balaban J connectivity index is 1.77. The summed E-state index contributed by atoms with van der Waals surface area (Å²) in [5.74, 6) is 0.544. The molecule has 0 aliphatic carbocycles. The number of nitro groups is 1. The number of nitrogens with zero attached hydrogens (tertiary/aromatic N) is 3. The van der Waals surface area contributed by atoms with E-state index in [1.165, 1.54) is 18.2 Å². The smallest absolute Gasteiger partial charge is 0.342 e. The van der Waals surface area contributed by atoms with Crippen molar-refractivity contribution in [2.24, 2.45) is 0 Å². The van der Waals surface area contributed by atoms with Crippen LogP contribution in [0, 0.1) is 10.1 Å². The zero-order valence-corrected chi connectivity index (χ0v) is 19.5. The van der Waals surface area contributed by atoms with E-state index in [9.17, 15) is 20.0 Å². The van der Waals surface area contributed by atoms with Gasteiger partial charge >= 0.3 is 5.97 Å². The minimum atomic E-state index is -1.09. The van der Waals surface area contributed by atoms with Crippen LogP contribution in [0.3, 0.4) is 0 Å². The number of rotatable bonds is 12. The first kappa shape index (κ1) is 24.8. The first-order valence-electron chi connectivity index (χ1n) is 10.6. The summed E-state index contributed by atoms with van der Waals surface area (Å²) in [6.07, 6.45) is 3.16. The Morgan fingerprint density at radius 3 is 2.59 bits per heavy atom. The highest BCUT2D eigenvalue weighted by atomic mass is 32.2. The van der Waals surface area contributed by atoms with Gasteiger partial charge in [0, 0.05) is 18.6 Å². The highest BCUT2D eigenvalue weighted by Gasteiger charge is 2.15. The molecule has 10 nitrogen and oxygen atoms in total. The van der Waals surface area contributed by atoms with E-state index >= 15 is 0 Å². The van der Waals surface area contributed by atoms with Crippen molar-refractivity contribution in [1.29, 1.82) is 0 Å². The molecule has 0 unspecified atom stereocenters. The molecule has 0 bridgehead atoms. The van der Waals surface area contributed by atoms with Gasteiger partial charge in [-0.25, -0.2) is 9.78 Å². The molecule has 3 aromatic rings. The fraction of sp³-hybridized carbons (Fsp3) is 0.261. The SMILES string of the molecule is CCCc1nc(S/C(=C\c2ccc(OCc3ccc([N+](=O)[O-])cc3)c(OCC)c2)C(=O)O)n[nH]1. The second-order valence-electron chi connectivity index (χ2n) is 7.08. The third-order valence-electron chi connectivity index (χ3n) is 4.52. The summed E-state index contributed by atoms with van der Waals surface area (Å²) >= 11 is 0.961. The number of hydrogen-bond acceptors (Lipinski definition) is 8. The lowest BCUT2D eigenvalue weighted by Gasteiger charge is -2.13. The van der Waals surface area contributed by atoms with E-state index in [1.54, 1.807) is 30.3 Å². The standard InChI is InChI=1S/C23H24N4O6S/c1-3-5-21-24-23(26-25-21)34-20(22(28)29)13-16-8-11-18(19(12-16)32-4-2)33-14-15-6-9-17(10-7-15)27(30)31/h6-13H,3-5,14H2,1-2H3,(H,28,29)(H,24,25,26)/b20-13-. The average Bonchev–Trinajstić information content (AvgIpc) is 3.25. The van der Waals surface area contributed by atoms with Crippen LogP contribution >= 0.6 is 11.8 Å². The lowest BCUT2D eigenvalue weighted by Crippen LogP contribution is -2.01. The van der Waals surface area contributed by atoms with Gasteiger partial charge in [-0.1, -0.05) is 13.0 Å². The number of ether oxygens (including phenoxy) is 2. The summed E-state index contributed by atoms with van der Waals surface area (Å²) in [6, 6.07) is 11.2. The van der Waals surface area contributed by atoms with Crippen LogP contribution in [0.15, 0.2) is 52.5 Å². The van der Waals surface area contributed by atoms with Crippen molar-refractivity contribution < 1.29 is 24.3 Å². The van der Waals surface area contributed by atoms with Crippen LogP contribution in [0.25, 0.3) is 6.08 Å². The van der Waals surface area contributed by atoms with Crippen molar-refractivity contribution in [3.63, 3.8) is 0 Å². The molecule has 3 rings (SSSR count). The largest absolute Gasteiger partial charge is 0.490 e. The fourth-order valence-corrected chi connectivity index (χ4v) is 3.66. The molecular weight excluding hydrogens is 460 g/mol. The summed E-state index contributed by atoms with van der Waals surface area (Å²) in [7, 11) is 0.